The Morgan fingerprint density at radius 2 is 2.15 bits per heavy atom. The van der Waals surface area contributed by atoms with E-state index in [-0.39, 0.29) is 5.91 Å². The van der Waals surface area contributed by atoms with Gasteiger partial charge in [-0.25, -0.2) is 9.50 Å². The zero-order valence-electron chi connectivity index (χ0n) is 10.9. The van der Waals surface area contributed by atoms with Crippen LogP contribution < -0.4 is 10.6 Å². The van der Waals surface area contributed by atoms with E-state index >= 15 is 0 Å². The first-order valence-corrected chi connectivity index (χ1v) is 6.16. The number of rotatable bonds is 3. The second kappa shape index (κ2) is 5.00. The van der Waals surface area contributed by atoms with Crippen LogP contribution in [0.1, 0.15) is 10.4 Å². The zero-order chi connectivity index (χ0) is 13.9. The molecule has 3 rings (SSSR count). The summed E-state index contributed by atoms with van der Waals surface area (Å²) >= 11 is 0. The van der Waals surface area contributed by atoms with Gasteiger partial charge in [0.15, 0.2) is 5.65 Å². The Morgan fingerprint density at radius 3 is 3.00 bits per heavy atom. The Labute approximate surface area is 115 Å². The summed E-state index contributed by atoms with van der Waals surface area (Å²) in [4.78, 5) is 16.0. The van der Waals surface area contributed by atoms with E-state index in [9.17, 15) is 4.79 Å². The molecule has 0 aliphatic rings. The molecule has 2 N–H and O–H groups in total. The molecule has 0 saturated heterocycles. The number of hydrogen-bond donors (Lipinski definition) is 2. The minimum Gasteiger partial charge on any atom is -0.355 e. The topological polar surface area (TPSA) is 71.3 Å². The third-order valence-corrected chi connectivity index (χ3v) is 2.88. The van der Waals surface area contributed by atoms with E-state index in [0.29, 0.717) is 11.4 Å². The van der Waals surface area contributed by atoms with E-state index in [4.69, 9.17) is 0 Å². The molecule has 100 valence electrons. The Hall–Kier alpha value is -2.89. The summed E-state index contributed by atoms with van der Waals surface area (Å²) in [5, 5.41) is 9.86. The average molecular weight is 267 g/mol. The first kappa shape index (κ1) is 12.2. The number of amides is 1. The predicted molar refractivity (Wildman–Crippen MR) is 76.1 cm³/mol. The van der Waals surface area contributed by atoms with E-state index < -0.39 is 0 Å². The van der Waals surface area contributed by atoms with Gasteiger partial charge in [-0.2, -0.15) is 5.10 Å². The van der Waals surface area contributed by atoms with Gasteiger partial charge in [0.2, 0.25) is 0 Å². The Kier molecular flexibility index (Phi) is 3.04. The molecule has 0 bridgehead atoms. The van der Waals surface area contributed by atoms with Crippen LogP contribution in [0.2, 0.25) is 0 Å². The first-order valence-electron chi connectivity index (χ1n) is 6.16. The van der Waals surface area contributed by atoms with Crippen LogP contribution in [-0.4, -0.2) is 27.6 Å². The largest absolute Gasteiger partial charge is 0.355 e. The van der Waals surface area contributed by atoms with E-state index in [0.717, 1.165) is 11.3 Å². The van der Waals surface area contributed by atoms with Gasteiger partial charge in [-0.3, -0.25) is 4.79 Å². The molecule has 3 aromatic rings. The molecule has 0 radical (unpaired) electrons. The number of nitrogens with one attached hydrogen (secondary N) is 2. The second-order valence-electron chi connectivity index (χ2n) is 4.23. The number of benzene rings is 1. The van der Waals surface area contributed by atoms with Crippen molar-refractivity contribution < 1.29 is 4.79 Å². The highest BCUT2D eigenvalue weighted by Crippen LogP contribution is 2.16. The number of fused-ring (bicyclic) bond motifs is 1. The zero-order valence-corrected chi connectivity index (χ0v) is 10.9. The average Bonchev–Trinajstić information content (AvgIpc) is 2.94. The molecule has 0 aliphatic heterocycles. The van der Waals surface area contributed by atoms with Crippen molar-refractivity contribution in [3.8, 4) is 0 Å². The second-order valence-corrected chi connectivity index (χ2v) is 4.23. The monoisotopic (exact) mass is 267 g/mol. The van der Waals surface area contributed by atoms with Crippen molar-refractivity contribution in [2.45, 2.75) is 0 Å². The molecule has 2 aromatic heterocycles. The Balaban J connectivity index is 1.88. The van der Waals surface area contributed by atoms with Gasteiger partial charge in [0.25, 0.3) is 5.91 Å². The fourth-order valence-electron chi connectivity index (χ4n) is 1.91. The molecule has 2 heterocycles. The van der Waals surface area contributed by atoms with Gasteiger partial charge in [-0.15, -0.1) is 0 Å². The Morgan fingerprint density at radius 1 is 1.25 bits per heavy atom. The fraction of sp³-hybridized carbons (Fsp3) is 0.0714. The molecular weight excluding hydrogens is 254 g/mol. The van der Waals surface area contributed by atoms with Crippen molar-refractivity contribution in [1.82, 2.24) is 19.9 Å². The highest BCUT2D eigenvalue weighted by molar-refractivity contribution is 5.95. The molecular formula is C14H13N5O. The molecule has 1 amide bonds. The van der Waals surface area contributed by atoms with Crippen LogP contribution in [0.4, 0.5) is 11.5 Å². The summed E-state index contributed by atoms with van der Waals surface area (Å²) in [7, 11) is 1.61. The van der Waals surface area contributed by atoms with Crippen LogP contribution in [0.5, 0.6) is 0 Å². The van der Waals surface area contributed by atoms with Gasteiger partial charge < -0.3 is 10.6 Å². The van der Waals surface area contributed by atoms with Crippen LogP contribution in [0.15, 0.2) is 48.8 Å². The van der Waals surface area contributed by atoms with E-state index in [1.807, 2.05) is 30.5 Å². The molecule has 6 nitrogen and oxygen atoms in total. The maximum atomic E-state index is 11.6. The van der Waals surface area contributed by atoms with E-state index in [2.05, 4.69) is 20.7 Å². The Bertz CT molecular complexity index is 765. The lowest BCUT2D eigenvalue weighted by Crippen LogP contribution is -2.17. The van der Waals surface area contributed by atoms with Crippen molar-refractivity contribution in [3.63, 3.8) is 0 Å². The van der Waals surface area contributed by atoms with Gasteiger partial charge in [-0.05, 0) is 24.3 Å². The quantitative estimate of drug-likeness (QED) is 0.759. The van der Waals surface area contributed by atoms with Gasteiger partial charge in [-0.1, -0.05) is 6.07 Å². The lowest BCUT2D eigenvalue weighted by atomic mass is 10.2. The number of carbonyl (C=O) groups excluding carboxylic acids is 1. The van der Waals surface area contributed by atoms with Crippen molar-refractivity contribution in [1.29, 1.82) is 0 Å². The third kappa shape index (κ3) is 2.31. The fourth-order valence-corrected chi connectivity index (χ4v) is 1.91. The van der Waals surface area contributed by atoms with E-state index in [1.165, 1.54) is 0 Å². The smallest absolute Gasteiger partial charge is 0.251 e. The van der Waals surface area contributed by atoms with Crippen molar-refractivity contribution in [2.75, 3.05) is 12.4 Å². The molecule has 0 fully saturated rings. The summed E-state index contributed by atoms with van der Waals surface area (Å²) in [5.74, 6) is 0.583. The molecule has 20 heavy (non-hydrogen) atoms. The summed E-state index contributed by atoms with van der Waals surface area (Å²) < 4.78 is 1.69. The molecule has 0 saturated carbocycles. The maximum absolute atomic E-state index is 11.6. The normalized spacial score (nSPS) is 10.4. The van der Waals surface area contributed by atoms with Crippen LogP contribution in [-0.2, 0) is 0 Å². The summed E-state index contributed by atoms with van der Waals surface area (Å²) in [6.07, 6.45) is 3.52. The molecule has 6 heteroatoms. The number of carbonyl (C=O) groups is 1. The molecule has 0 spiro atoms. The SMILES string of the molecule is CNC(=O)c1cccc(Nc2ccn3nccc3n2)c1. The predicted octanol–water partition coefficient (Wildman–Crippen LogP) is 1.83. The van der Waals surface area contributed by atoms with Crippen LogP contribution in [0, 0.1) is 0 Å². The standard InChI is InChI=1S/C14H13N5O/c1-15-14(20)10-3-2-4-11(9-10)17-12-6-8-19-13(18-12)5-7-16-19/h2-9H,1H3,(H,15,20)(H,17,18). The van der Waals surface area contributed by atoms with Crippen LogP contribution >= 0.6 is 0 Å². The van der Waals surface area contributed by atoms with Gasteiger partial charge in [0.1, 0.15) is 5.82 Å². The van der Waals surface area contributed by atoms with E-state index in [1.54, 1.807) is 29.9 Å². The molecule has 0 aliphatic carbocycles. The van der Waals surface area contributed by atoms with Gasteiger partial charge in [0.05, 0.1) is 6.20 Å². The summed E-state index contributed by atoms with van der Waals surface area (Å²) in [5.41, 5.74) is 2.17. The first-order chi connectivity index (χ1) is 9.76. The number of aromatic nitrogens is 3. The lowest BCUT2D eigenvalue weighted by Gasteiger charge is -2.07. The highest BCUT2D eigenvalue weighted by atomic mass is 16.1. The molecule has 1 aromatic carbocycles. The van der Waals surface area contributed by atoms with Crippen molar-refractivity contribution in [2.24, 2.45) is 0 Å². The highest BCUT2D eigenvalue weighted by Gasteiger charge is 2.04. The van der Waals surface area contributed by atoms with Crippen LogP contribution in [0.25, 0.3) is 5.65 Å². The maximum Gasteiger partial charge on any atom is 0.251 e. The minimum absolute atomic E-state index is 0.118. The molecule has 0 atom stereocenters. The number of anilines is 2. The van der Waals surface area contributed by atoms with Gasteiger partial charge in [0, 0.05) is 30.6 Å². The number of nitrogens with zero attached hydrogens (tertiary/aromatic N) is 3. The summed E-state index contributed by atoms with van der Waals surface area (Å²) in [6.45, 7) is 0. The number of hydrogen-bond acceptors (Lipinski definition) is 4. The molecule has 0 unspecified atom stereocenters. The lowest BCUT2D eigenvalue weighted by molar-refractivity contribution is 0.0963. The van der Waals surface area contributed by atoms with Gasteiger partial charge >= 0.3 is 0 Å². The van der Waals surface area contributed by atoms with Crippen LogP contribution in [0.3, 0.4) is 0 Å². The third-order valence-electron chi connectivity index (χ3n) is 2.88. The van der Waals surface area contributed by atoms with Crippen molar-refractivity contribution >= 4 is 23.1 Å². The minimum atomic E-state index is -0.118. The summed E-state index contributed by atoms with van der Waals surface area (Å²) in [6, 6.07) is 10.9. The van der Waals surface area contributed by atoms with Crippen molar-refractivity contribution in [3.05, 3.63) is 54.4 Å².